The van der Waals surface area contributed by atoms with Gasteiger partial charge in [0.2, 0.25) is 10.0 Å². The lowest BCUT2D eigenvalue weighted by Crippen LogP contribution is -2.34. The number of nitrogens with zero attached hydrogens (tertiary/aromatic N) is 1. The van der Waals surface area contributed by atoms with E-state index in [9.17, 15) is 8.42 Å². The molecule has 0 amide bonds. The number of hydrogen-bond acceptors (Lipinski definition) is 4. The molecule has 0 unspecified atom stereocenters. The fourth-order valence-corrected chi connectivity index (χ4v) is 4.23. The fourth-order valence-electron chi connectivity index (χ4n) is 2.68. The molecule has 0 atom stereocenters. The summed E-state index contributed by atoms with van der Waals surface area (Å²) in [5, 5.41) is 15.6. The maximum atomic E-state index is 12.3. The molecule has 1 aromatic heterocycles. The number of aromatic amines is 1. The van der Waals surface area contributed by atoms with E-state index in [0.29, 0.717) is 12.2 Å². The molecule has 7 heteroatoms. The zero-order valence-corrected chi connectivity index (χ0v) is 12.2. The lowest BCUT2D eigenvalue weighted by molar-refractivity contribution is 0.273. The van der Waals surface area contributed by atoms with Crippen LogP contribution in [0.2, 0.25) is 0 Å². The van der Waals surface area contributed by atoms with Crippen LogP contribution in [0.5, 0.6) is 0 Å². The van der Waals surface area contributed by atoms with Crippen molar-refractivity contribution in [3.63, 3.8) is 0 Å². The van der Waals surface area contributed by atoms with Gasteiger partial charge < -0.3 is 5.11 Å². The number of hydrogen-bond donors (Lipinski definition) is 3. The summed E-state index contributed by atoms with van der Waals surface area (Å²) in [5.41, 5.74) is 0.666. The SMILES string of the molecule is Cc1[nH]nc(CO)c1S(=O)(=O)NCC1(C)CCCC1. The first-order chi connectivity index (χ1) is 8.88. The second kappa shape index (κ2) is 5.22. The van der Waals surface area contributed by atoms with E-state index in [1.165, 1.54) is 0 Å². The number of aromatic nitrogens is 2. The summed E-state index contributed by atoms with van der Waals surface area (Å²) in [6, 6.07) is 0. The average molecular weight is 287 g/mol. The Kier molecular flexibility index (Phi) is 3.98. The van der Waals surface area contributed by atoms with Crippen LogP contribution in [0.25, 0.3) is 0 Å². The molecule has 19 heavy (non-hydrogen) atoms. The summed E-state index contributed by atoms with van der Waals surface area (Å²) in [7, 11) is -3.62. The summed E-state index contributed by atoms with van der Waals surface area (Å²) in [6.07, 6.45) is 4.41. The van der Waals surface area contributed by atoms with E-state index in [4.69, 9.17) is 5.11 Å². The van der Waals surface area contributed by atoms with Crippen molar-refractivity contribution >= 4 is 10.0 Å². The topological polar surface area (TPSA) is 95.1 Å². The van der Waals surface area contributed by atoms with Crippen LogP contribution < -0.4 is 4.72 Å². The van der Waals surface area contributed by atoms with Crippen LogP contribution >= 0.6 is 0 Å². The maximum Gasteiger partial charge on any atom is 0.244 e. The molecule has 0 aromatic carbocycles. The number of nitrogens with one attached hydrogen (secondary N) is 2. The maximum absolute atomic E-state index is 12.3. The summed E-state index contributed by atoms with van der Waals surface area (Å²) in [6.45, 7) is 3.79. The normalized spacial score (nSPS) is 18.9. The molecule has 1 aliphatic carbocycles. The predicted molar refractivity (Wildman–Crippen MR) is 71.0 cm³/mol. The van der Waals surface area contributed by atoms with Crippen molar-refractivity contribution in [2.75, 3.05) is 6.54 Å². The van der Waals surface area contributed by atoms with Gasteiger partial charge in [0, 0.05) is 6.54 Å². The summed E-state index contributed by atoms with van der Waals surface area (Å²) in [4.78, 5) is 0.0802. The largest absolute Gasteiger partial charge is 0.390 e. The standard InChI is InChI=1S/C12H21N3O3S/c1-9-11(10(7-16)15-14-9)19(17,18)13-8-12(2)5-3-4-6-12/h13,16H,3-8H2,1-2H3,(H,14,15). The van der Waals surface area contributed by atoms with Crippen LogP contribution in [0.1, 0.15) is 44.0 Å². The second-order valence-electron chi connectivity index (χ2n) is 5.62. The Morgan fingerprint density at radius 3 is 2.63 bits per heavy atom. The number of aliphatic hydroxyl groups excluding tert-OH is 1. The van der Waals surface area contributed by atoms with Gasteiger partial charge in [-0.2, -0.15) is 5.10 Å². The van der Waals surface area contributed by atoms with Crippen LogP contribution in [0, 0.1) is 12.3 Å². The number of aryl methyl sites for hydroxylation is 1. The monoisotopic (exact) mass is 287 g/mol. The van der Waals surface area contributed by atoms with Crippen LogP contribution in [0.15, 0.2) is 4.90 Å². The van der Waals surface area contributed by atoms with E-state index in [1.807, 2.05) is 0 Å². The molecule has 1 fully saturated rings. The van der Waals surface area contributed by atoms with Gasteiger partial charge in [-0.05, 0) is 25.2 Å². The van der Waals surface area contributed by atoms with Crippen LogP contribution in [-0.4, -0.2) is 30.3 Å². The molecule has 1 heterocycles. The van der Waals surface area contributed by atoms with Gasteiger partial charge in [-0.25, -0.2) is 13.1 Å². The first-order valence-electron chi connectivity index (χ1n) is 6.52. The Morgan fingerprint density at radius 1 is 1.42 bits per heavy atom. The van der Waals surface area contributed by atoms with Crippen molar-refractivity contribution in [1.82, 2.24) is 14.9 Å². The van der Waals surface area contributed by atoms with Gasteiger partial charge in [0.15, 0.2) is 0 Å². The van der Waals surface area contributed by atoms with Crippen molar-refractivity contribution in [2.24, 2.45) is 5.41 Å². The van der Waals surface area contributed by atoms with Crippen molar-refractivity contribution < 1.29 is 13.5 Å². The highest BCUT2D eigenvalue weighted by atomic mass is 32.2. The summed E-state index contributed by atoms with van der Waals surface area (Å²) < 4.78 is 27.3. The van der Waals surface area contributed by atoms with Gasteiger partial charge in [0.25, 0.3) is 0 Å². The number of H-pyrrole nitrogens is 1. The van der Waals surface area contributed by atoms with Gasteiger partial charge in [0.05, 0.1) is 12.3 Å². The van der Waals surface area contributed by atoms with Crippen molar-refractivity contribution in [1.29, 1.82) is 0 Å². The van der Waals surface area contributed by atoms with Gasteiger partial charge in [-0.3, -0.25) is 5.10 Å². The minimum Gasteiger partial charge on any atom is -0.390 e. The van der Waals surface area contributed by atoms with E-state index in [0.717, 1.165) is 25.7 Å². The minimum atomic E-state index is -3.62. The molecule has 1 aromatic rings. The second-order valence-corrected chi connectivity index (χ2v) is 7.33. The van der Waals surface area contributed by atoms with Crippen molar-refractivity contribution in [2.45, 2.75) is 51.0 Å². The highest BCUT2D eigenvalue weighted by Gasteiger charge is 2.31. The Labute approximate surface area is 113 Å². The highest BCUT2D eigenvalue weighted by Crippen LogP contribution is 2.37. The van der Waals surface area contributed by atoms with Crippen LogP contribution in [0.3, 0.4) is 0 Å². The van der Waals surface area contributed by atoms with Crippen molar-refractivity contribution in [3.8, 4) is 0 Å². The molecule has 108 valence electrons. The highest BCUT2D eigenvalue weighted by molar-refractivity contribution is 7.89. The molecular formula is C12H21N3O3S. The van der Waals surface area contributed by atoms with E-state index >= 15 is 0 Å². The van der Waals surface area contributed by atoms with E-state index in [1.54, 1.807) is 6.92 Å². The third kappa shape index (κ3) is 2.98. The van der Waals surface area contributed by atoms with Crippen LogP contribution in [0.4, 0.5) is 0 Å². The van der Waals surface area contributed by atoms with Gasteiger partial charge >= 0.3 is 0 Å². The first-order valence-corrected chi connectivity index (χ1v) is 8.01. The summed E-state index contributed by atoms with van der Waals surface area (Å²) >= 11 is 0. The number of sulfonamides is 1. The molecule has 6 nitrogen and oxygen atoms in total. The minimum absolute atomic E-state index is 0.0457. The third-order valence-electron chi connectivity index (χ3n) is 3.88. The van der Waals surface area contributed by atoms with E-state index in [-0.39, 0.29) is 16.0 Å². The Bertz CT molecular complexity index is 545. The molecule has 1 aliphatic rings. The molecule has 0 saturated heterocycles. The fraction of sp³-hybridized carbons (Fsp3) is 0.750. The zero-order valence-electron chi connectivity index (χ0n) is 11.4. The van der Waals surface area contributed by atoms with E-state index < -0.39 is 16.6 Å². The average Bonchev–Trinajstić information content (AvgIpc) is 2.94. The Hall–Kier alpha value is -0.920. The van der Waals surface area contributed by atoms with Crippen LogP contribution in [-0.2, 0) is 16.6 Å². The number of aliphatic hydroxyl groups is 1. The van der Waals surface area contributed by atoms with E-state index in [2.05, 4.69) is 21.8 Å². The smallest absolute Gasteiger partial charge is 0.244 e. The zero-order chi connectivity index (χ0) is 14.1. The molecule has 2 rings (SSSR count). The third-order valence-corrected chi connectivity index (χ3v) is 5.48. The van der Waals surface area contributed by atoms with Gasteiger partial charge in [-0.15, -0.1) is 0 Å². The molecule has 1 saturated carbocycles. The lowest BCUT2D eigenvalue weighted by Gasteiger charge is -2.23. The Morgan fingerprint density at radius 2 is 2.05 bits per heavy atom. The predicted octanol–water partition coefficient (Wildman–Crippen LogP) is 1.07. The van der Waals surface area contributed by atoms with Crippen molar-refractivity contribution in [3.05, 3.63) is 11.4 Å². The van der Waals surface area contributed by atoms with Gasteiger partial charge in [0.1, 0.15) is 10.6 Å². The molecular weight excluding hydrogens is 266 g/mol. The molecule has 0 bridgehead atoms. The first kappa shape index (κ1) is 14.5. The molecule has 0 aliphatic heterocycles. The molecule has 0 spiro atoms. The number of rotatable bonds is 5. The molecule has 0 radical (unpaired) electrons. The van der Waals surface area contributed by atoms with Gasteiger partial charge in [-0.1, -0.05) is 19.8 Å². The summed E-state index contributed by atoms with van der Waals surface area (Å²) in [5.74, 6) is 0. The lowest BCUT2D eigenvalue weighted by atomic mass is 9.89. The molecule has 3 N–H and O–H groups in total. The Balaban J connectivity index is 2.16. The quantitative estimate of drug-likeness (QED) is 0.755.